The monoisotopic (exact) mass is 382 g/mol. The lowest BCUT2D eigenvalue weighted by Crippen LogP contribution is -2.43. The summed E-state index contributed by atoms with van der Waals surface area (Å²) < 4.78 is 5.80. The van der Waals surface area contributed by atoms with Crippen molar-refractivity contribution >= 4 is 27.8 Å². The Kier molecular flexibility index (Phi) is 6.59. The van der Waals surface area contributed by atoms with Crippen LogP contribution in [0.4, 0.5) is 0 Å². The standard InChI is InChI=1S/C17H23BrN2O3/c1-12(13-3-5-15(18)6-4-13)19-16(21)11-20-9-7-14(8-10-20)17(22)23-2/h3-6,12,14H,7-11H2,1-2H3,(H,19,21)/t12-/m1/s1. The first-order chi connectivity index (χ1) is 11.0. The highest BCUT2D eigenvalue weighted by atomic mass is 79.9. The fourth-order valence-electron chi connectivity index (χ4n) is 2.82. The van der Waals surface area contributed by atoms with Crippen molar-refractivity contribution in [2.45, 2.75) is 25.8 Å². The highest BCUT2D eigenvalue weighted by Gasteiger charge is 2.26. The van der Waals surface area contributed by atoms with Crippen molar-refractivity contribution in [3.05, 3.63) is 34.3 Å². The molecule has 1 heterocycles. The van der Waals surface area contributed by atoms with Gasteiger partial charge in [0.1, 0.15) is 0 Å². The second-order valence-corrected chi connectivity index (χ2v) is 6.83. The number of halogens is 1. The van der Waals surface area contributed by atoms with Gasteiger partial charge in [0.25, 0.3) is 0 Å². The molecule has 1 amide bonds. The summed E-state index contributed by atoms with van der Waals surface area (Å²) in [6, 6.07) is 7.90. The molecule has 23 heavy (non-hydrogen) atoms. The van der Waals surface area contributed by atoms with E-state index in [0.29, 0.717) is 6.54 Å². The molecular formula is C17H23BrN2O3. The number of nitrogens with one attached hydrogen (secondary N) is 1. The van der Waals surface area contributed by atoms with Crippen LogP contribution >= 0.6 is 15.9 Å². The smallest absolute Gasteiger partial charge is 0.308 e. The number of likely N-dealkylation sites (tertiary alicyclic amines) is 1. The zero-order valence-corrected chi connectivity index (χ0v) is 15.1. The van der Waals surface area contributed by atoms with Crippen LogP contribution in [-0.4, -0.2) is 43.5 Å². The van der Waals surface area contributed by atoms with E-state index in [0.717, 1.165) is 36.0 Å². The summed E-state index contributed by atoms with van der Waals surface area (Å²) >= 11 is 3.40. The van der Waals surface area contributed by atoms with Crippen molar-refractivity contribution in [3.8, 4) is 0 Å². The predicted octanol–water partition coefficient (Wildman–Crippen LogP) is 2.51. The second kappa shape index (κ2) is 8.45. The molecule has 0 unspecified atom stereocenters. The zero-order valence-electron chi connectivity index (χ0n) is 13.5. The first-order valence-electron chi connectivity index (χ1n) is 7.84. The van der Waals surface area contributed by atoms with Crippen molar-refractivity contribution in [2.24, 2.45) is 5.92 Å². The Morgan fingerprint density at radius 2 is 1.91 bits per heavy atom. The molecule has 1 aromatic carbocycles. The fourth-order valence-corrected chi connectivity index (χ4v) is 3.08. The van der Waals surface area contributed by atoms with Gasteiger partial charge in [-0.05, 0) is 50.6 Å². The van der Waals surface area contributed by atoms with E-state index in [1.54, 1.807) is 0 Å². The van der Waals surface area contributed by atoms with Crippen LogP contribution in [0.3, 0.4) is 0 Å². The van der Waals surface area contributed by atoms with Gasteiger partial charge in [-0.1, -0.05) is 28.1 Å². The fraction of sp³-hybridized carbons (Fsp3) is 0.529. The molecular weight excluding hydrogens is 360 g/mol. The molecule has 0 radical (unpaired) electrons. The maximum Gasteiger partial charge on any atom is 0.308 e. The van der Waals surface area contributed by atoms with Crippen LogP contribution in [0, 0.1) is 5.92 Å². The number of carbonyl (C=O) groups is 2. The third kappa shape index (κ3) is 5.32. The molecule has 1 aliphatic heterocycles. The lowest BCUT2D eigenvalue weighted by atomic mass is 9.97. The average Bonchev–Trinajstić information content (AvgIpc) is 2.55. The lowest BCUT2D eigenvalue weighted by molar-refractivity contribution is -0.147. The maximum absolute atomic E-state index is 12.2. The van der Waals surface area contributed by atoms with E-state index >= 15 is 0 Å². The number of rotatable bonds is 5. The van der Waals surface area contributed by atoms with E-state index in [1.165, 1.54) is 7.11 Å². The second-order valence-electron chi connectivity index (χ2n) is 5.91. The summed E-state index contributed by atoms with van der Waals surface area (Å²) in [6.07, 6.45) is 1.50. The third-order valence-electron chi connectivity index (χ3n) is 4.24. The molecule has 0 aromatic heterocycles. The van der Waals surface area contributed by atoms with Crippen LogP contribution < -0.4 is 5.32 Å². The molecule has 1 aliphatic rings. The van der Waals surface area contributed by atoms with E-state index < -0.39 is 0 Å². The molecule has 126 valence electrons. The predicted molar refractivity (Wildman–Crippen MR) is 91.9 cm³/mol. The van der Waals surface area contributed by atoms with Gasteiger partial charge >= 0.3 is 5.97 Å². The number of hydrogen-bond donors (Lipinski definition) is 1. The van der Waals surface area contributed by atoms with Crippen molar-refractivity contribution in [1.82, 2.24) is 10.2 Å². The molecule has 1 fully saturated rings. The zero-order chi connectivity index (χ0) is 16.8. The number of methoxy groups -OCH3 is 1. The van der Waals surface area contributed by atoms with Gasteiger partial charge in [-0.3, -0.25) is 14.5 Å². The van der Waals surface area contributed by atoms with Crippen molar-refractivity contribution in [2.75, 3.05) is 26.7 Å². The van der Waals surface area contributed by atoms with Crippen LogP contribution in [0.25, 0.3) is 0 Å². The number of ether oxygens (including phenoxy) is 1. The highest BCUT2D eigenvalue weighted by molar-refractivity contribution is 9.10. The normalized spacial score (nSPS) is 17.5. The maximum atomic E-state index is 12.2. The molecule has 0 saturated carbocycles. The quantitative estimate of drug-likeness (QED) is 0.794. The Balaban J connectivity index is 1.77. The molecule has 1 aromatic rings. The number of amides is 1. The SMILES string of the molecule is COC(=O)C1CCN(CC(=O)N[C@H](C)c2ccc(Br)cc2)CC1. The van der Waals surface area contributed by atoms with Crippen LogP contribution in [-0.2, 0) is 14.3 Å². The molecule has 6 heteroatoms. The van der Waals surface area contributed by atoms with Gasteiger partial charge in [0.05, 0.1) is 25.6 Å². The molecule has 0 bridgehead atoms. The summed E-state index contributed by atoms with van der Waals surface area (Å²) in [5.41, 5.74) is 1.07. The number of benzene rings is 1. The van der Waals surface area contributed by atoms with E-state index in [9.17, 15) is 9.59 Å². The van der Waals surface area contributed by atoms with Gasteiger partial charge in [0, 0.05) is 4.47 Å². The van der Waals surface area contributed by atoms with Crippen molar-refractivity contribution in [1.29, 1.82) is 0 Å². The number of nitrogens with zero attached hydrogens (tertiary/aromatic N) is 1. The van der Waals surface area contributed by atoms with E-state index in [-0.39, 0.29) is 23.8 Å². The first-order valence-corrected chi connectivity index (χ1v) is 8.64. The van der Waals surface area contributed by atoms with E-state index in [1.807, 2.05) is 31.2 Å². The number of carbonyl (C=O) groups excluding carboxylic acids is 2. The average molecular weight is 383 g/mol. The minimum absolute atomic E-state index is 0.0111. The van der Waals surface area contributed by atoms with Crippen molar-refractivity contribution < 1.29 is 14.3 Å². The Bertz CT molecular complexity index is 539. The summed E-state index contributed by atoms with van der Waals surface area (Å²) in [5, 5.41) is 3.02. The van der Waals surface area contributed by atoms with Gasteiger partial charge in [0.2, 0.25) is 5.91 Å². The molecule has 5 nitrogen and oxygen atoms in total. The van der Waals surface area contributed by atoms with Crippen LogP contribution in [0.1, 0.15) is 31.4 Å². The van der Waals surface area contributed by atoms with Crippen LogP contribution in [0.2, 0.25) is 0 Å². The molecule has 1 atom stereocenters. The summed E-state index contributed by atoms with van der Waals surface area (Å²) in [7, 11) is 1.42. The Labute approximate surface area is 145 Å². The number of esters is 1. The number of piperidine rings is 1. The summed E-state index contributed by atoms with van der Waals surface area (Å²) in [6.45, 7) is 3.85. The molecule has 1 saturated heterocycles. The van der Waals surface area contributed by atoms with E-state index in [2.05, 4.69) is 26.1 Å². The Morgan fingerprint density at radius 3 is 2.48 bits per heavy atom. The van der Waals surface area contributed by atoms with Crippen LogP contribution in [0.5, 0.6) is 0 Å². The van der Waals surface area contributed by atoms with Gasteiger partial charge in [-0.15, -0.1) is 0 Å². The van der Waals surface area contributed by atoms with Gasteiger partial charge in [-0.25, -0.2) is 0 Å². The minimum Gasteiger partial charge on any atom is -0.469 e. The molecule has 0 aliphatic carbocycles. The molecule has 1 N–H and O–H groups in total. The third-order valence-corrected chi connectivity index (χ3v) is 4.77. The van der Waals surface area contributed by atoms with Gasteiger partial charge in [0.15, 0.2) is 0 Å². The topological polar surface area (TPSA) is 58.6 Å². The Morgan fingerprint density at radius 1 is 1.30 bits per heavy atom. The Hall–Kier alpha value is -1.40. The minimum atomic E-state index is -0.141. The summed E-state index contributed by atoms with van der Waals surface area (Å²) in [4.78, 5) is 25.8. The van der Waals surface area contributed by atoms with Gasteiger partial charge in [-0.2, -0.15) is 0 Å². The molecule has 2 rings (SSSR count). The van der Waals surface area contributed by atoms with Crippen LogP contribution in [0.15, 0.2) is 28.7 Å². The summed E-state index contributed by atoms with van der Waals surface area (Å²) in [5.74, 6) is -0.157. The first kappa shape index (κ1) is 17.9. The largest absolute Gasteiger partial charge is 0.469 e. The van der Waals surface area contributed by atoms with Crippen molar-refractivity contribution in [3.63, 3.8) is 0 Å². The number of hydrogen-bond acceptors (Lipinski definition) is 4. The van der Waals surface area contributed by atoms with Gasteiger partial charge < -0.3 is 10.1 Å². The molecule has 0 spiro atoms. The lowest BCUT2D eigenvalue weighted by Gasteiger charge is -2.30. The highest BCUT2D eigenvalue weighted by Crippen LogP contribution is 2.19. The van der Waals surface area contributed by atoms with E-state index in [4.69, 9.17) is 4.74 Å².